The summed E-state index contributed by atoms with van der Waals surface area (Å²) in [6.45, 7) is 1.82. The molecular formula is C22H18BrFN4O2. The van der Waals surface area contributed by atoms with Crippen molar-refractivity contribution < 1.29 is 9.18 Å². The zero-order chi connectivity index (χ0) is 21.3. The average Bonchev–Trinajstić information content (AvgIpc) is 3.02. The number of pyridine rings is 1. The first kappa shape index (κ1) is 20.0. The van der Waals surface area contributed by atoms with Crippen molar-refractivity contribution in [3.05, 3.63) is 87.0 Å². The fourth-order valence-corrected chi connectivity index (χ4v) is 3.65. The van der Waals surface area contributed by atoms with Crippen molar-refractivity contribution in [1.82, 2.24) is 14.3 Å². The van der Waals surface area contributed by atoms with Crippen molar-refractivity contribution in [3.8, 4) is 5.69 Å². The molecule has 8 heteroatoms. The van der Waals surface area contributed by atoms with Gasteiger partial charge in [0.2, 0.25) is 5.91 Å². The van der Waals surface area contributed by atoms with E-state index in [0.29, 0.717) is 21.2 Å². The summed E-state index contributed by atoms with van der Waals surface area (Å²) in [6.07, 6.45) is 2.38. The van der Waals surface area contributed by atoms with E-state index in [0.717, 1.165) is 12.0 Å². The molecule has 30 heavy (non-hydrogen) atoms. The summed E-state index contributed by atoms with van der Waals surface area (Å²) in [6, 6.07) is 15.3. The Labute approximate surface area is 180 Å². The highest BCUT2D eigenvalue weighted by Gasteiger charge is 2.18. The number of rotatable bonds is 5. The molecule has 2 aromatic carbocycles. The number of nitrogens with zero attached hydrogens (tertiary/aromatic N) is 3. The molecule has 0 saturated carbocycles. The van der Waals surface area contributed by atoms with Crippen molar-refractivity contribution in [3.63, 3.8) is 0 Å². The van der Waals surface area contributed by atoms with Crippen LogP contribution in [0.15, 0.2) is 70.1 Å². The molecule has 0 aliphatic heterocycles. The van der Waals surface area contributed by atoms with Gasteiger partial charge in [0, 0.05) is 10.7 Å². The van der Waals surface area contributed by atoms with Crippen molar-refractivity contribution in [1.29, 1.82) is 0 Å². The van der Waals surface area contributed by atoms with E-state index in [4.69, 9.17) is 0 Å². The van der Waals surface area contributed by atoms with E-state index in [1.807, 2.05) is 31.2 Å². The van der Waals surface area contributed by atoms with Gasteiger partial charge in [-0.25, -0.2) is 14.1 Å². The number of aromatic nitrogens is 3. The molecule has 4 aromatic rings. The van der Waals surface area contributed by atoms with Gasteiger partial charge in [-0.15, -0.1) is 0 Å². The lowest BCUT2D eigenvalue weighted by Gasteiger charge is -2.13. The van der Waals surface area contributed by atoms with Crippen LogP contribution in [0, 0.1) is 5.82 Å². The second kappa shape index (κ2) is 8.23. The quantitative estimate of drug-likeness (QED) is 0.474. The molecule has 0 aliphatic rings. The molecule has 2 heterocycles. The molecule has 1 N–H and O–H groups in total. The highest BCUT2D eigenvalue weighted by atomic mass is 79.9. The van der Waals surface area contributed by atoms with Gasteiger partial charge < -0.3 is 5.32 Å². The molecule has 2 aromatic heterocycles. The largest absolute Gasteiger partial charge is 0.322 e. The summed E-state index contributed by atoms with van der Waals surface area (Å²) in [5.74, 6) is -1.03. The van der Waals surface area contributed by atoms with Crippen LogP contribution in [0.2, 0.25) is 0 Å². The first-order chi connectivity index (χ1) is 14.5. The normalized spacial score (nSPS) is 11.0. The first-order valence-electron chi connectivity index (χ1n) is 9.38. The topological polar surface area (TPSA) is 68.9 Å². The number of carbonyl (C=O) groups is 1. The Morgan fingerprint density at radius 1 is 1.17 bits per heavy atom. The van der Waals surface area contributed by atoms with Crippen LogP contribution < -0.4 is 10.9 Å². The number of hydrogen-bond donors (Lipinski definition) is 1. The van der Waals surface area contributed by atoms with E-state index in [1.54, 1.807) is 24.4 Å². The second-order valence-corrected chi connectivity index (χ2v) is 7.66. The van der Waals surface area contributed by atoms with Crippen LogP contribution in [0.25, 0.3) is 16.7 Å². The maximum Gasteiger partial charge on any atom is 0.280 e. The summed E-state index contributed by atoms with van der Waals surface area (Å²) in [7, 11) is 0. The van der Waals surface area contributed by atoms with E-state index in [1.165, 1.54) is 21.5 Å². The zero-order valence-corrected chi connectivity index (χ0v) is 17.7. The summed E-state index contributed by atoms with van der Waals surface area (Å²) in [5.41, 5.74) is 1.88. The molecule has 0 spiro atoms. The molecule has 4 rings (SSSR count). The number of fused-ring (bicyclic) bond motifs is 1. The number of amides is 1. The molecule has 6 nitrogen and oxygen atoms in total. The molecule has 0 aliphatic carbocycles. The van der Waals surface area contributed by atoms with Crippen LogP contribution in [0.3, 0.4) is 0 Å². The number of halogens is 2. The lowest BCUT2D eigenvalue weighted by atomic mass is 10.1. The molecule has 0 unspecified atom stereocenters. The predicted octanol–water partition coefficient (Wildman–Crippen LogP) is 4.29. The minimum absolute atomic E-state index is 0.0644. The maximum atomic E-state index is 14.1. The fraction of sp³-hybridized carbons (Fsp3) is 0.136. The van der Waals surface area contributed by atoms with Crippen LogP contribution in [0.5, 0.6) is 0 Å². The molecular weight excluding hydrogens is 451 g/mol. The van der Waals surface area contributed by atoms with Crippen LogP contribution in [-0.4, -0.2) is 20.3 Å². The third kappa shape index (κ3) is 3.78. The second-order valence-electron chi connectivity index (χ2n) is 6.74. The van der Waals surface area contributed by atoms with Crippen molar-refractivity contribution in [2.24, 2.45) is 0 Å². The fourth-order valence-electron chi connectivity index (χ4n) is 3.32. The van der Waals surface area contributed by atoms with Gasteiger partial charge in [-0.05, 0) is 54.4 Å². The van der Waals surface area contributed by atoms with Crippen LogP contribution in [-0.2, 0) is 17.8 Å². The van der Waals surface area contributed by atoms with Crippen molar-refractivity contribution in [2.75, 3.05) is 5.32 Å². The van der Waals surface area contributed by atoms with E-state index < -0.39 is 11.7 Å². The average molecular weight is 469 g/mol. The third-order valence-corrected chi connectivity index (χ3v) is 5.25. The summed E-state index contributed by atoms with van der Waals surface area (Å²) in [4.78, 5) is 30.1. The molecule has 152 valence electrons. The van der Waals surface area contributed by atoms with Crippen LogP contribution in [0.1, 0.15) is 12.5 Å². The summed E-state index contributed by atoms with van der Waals surface area (Å²) in [5, 5.41) is 2.97. The molecule has 0 fully saturated rings. The van der Waals surface area contributed by atoms with E-state index in [-0.39, 0.29) is 17.8 Å². The molecule has 0 atom stereocenters. The van der Waals surface area contributed by atoms with Crippen molar-refractivity contribution >= 4 is 38.6 Å². The van der Waals surface area contributed by atoms with Crippen LogP contribution >= 0.6 is 15.9 Å². The Hall–Kier alpha value is -3.26. The van der Waals surface area contributed by atoms with Gasteiger partial charge in [0.05, 0.1) is 16.8 Å². The molecule has 0 saturated heterocycles. The lowest BCUT2D eigenvalue weighted by molar-refractivity contribution is -0.117. The molecule has 0 bridgehead atoms. The van der Waals surface area contributed by atoms with Gasteiger partial charge in [-0.2, -0.15) is 0 Å². The Morgan fingerprint density at radius 3 is 2.77 bits per heavy atom. The first-order valence-corrected chi connectivity index (χ1v) is 10.2. The number of hydrogen-bond acceptors (Lipinski definition) is 3. The van der Waals surface area contributed by atoms with Gasteiger partial charge in [-0.3, -0.25) is 14.3 Å². The lowest BCUT2D eigenvalue weighted by Crippen LogP contribution is -2.27. The Bertz CT molecular complexity index is 1310. The maximum absolute atomic E-state index is 14.1. The SMILES string of the molecule is CCc1cccc(-n2c(=O)c3cccnc3n2CC(=O)Nc2ccc(Br)cc2F)c1. The standard InChI is InChI=1S/C22H18BrFN4O2/c1-2-14-5-3-6-16(11-14)28-22(30)17-7-4-10-25-21(17)27(28)13-20(29)26-19-9-8-15(23)12-18(19)24/h3-12H,2,13H2,1H3,(H,26,29). The number of aryl methyl sites for hydroxylation is 1. The summed E-state index contributed by atoms with van der Waals surface area (Å²) < 4.78 is 17.6. The van der Waals surface area contributed by atoms with Gasteiger partial charge in [-0.1, -0.05) is 35.0 Å². The van der Waals surface area contributed by atoms with Crippen molar-refractivity contribution in [2.45, 2.75) is 19.9 Å². The molecule has 0 radical (unpaired) electrons. The molecule has 1 amide bonds. The highest BCUT2D eigenvalue weighted by Crippen LogP contribution is 2.20. The van der Waals surface area contributed by atoms with E-state index in [9.17, 15) is 14.0 Å². The van der Waals surface area contributed by atoms with Gasteiger partial charge in [0.25, 0.3) is 5.56 Å². The Balaban J connectivity index is 1.77. The summed E-state index contributed by atoms with van der Waals surface area (Å²) >= 11 is 3.19. The monoisotopic (exact) mass is 468 g/mol. The number of nitrogens with one attached hydrogen (secondary N) is 1. The Kier molecular flexibility index (Phi) is 5.50. The van der Waals surface area contributed by atoms with Gasteiger partial charge >= 0.3 is 0 Å². The number of benzene rings is 2. The zero-order valence-electron chi connectivity index (χ0n) is 16.1. The highest BCUT2D eigenvalue weighted by molar-refractivity contribution is 9.10. The van der Waals surface area contributed by atoms with E-state index in [2.05, 4.69) is 26.2 Å². The van der Waals surface area contributed by atoms with Gasteiger partial charge in [0.15, 0.2) is 5.65 Å². The predicted molar refractivity (Wildman–Crippen MR) is 117 cm³/mol. The number of carbonyl (C=O) groups excluding carboxylic acids is 1. The van der Waals surface area contributed by atoms with E-state index >= 15 is 0 Å². The smallest absolute Gasteiger partial charge is 0.280 e. The minimum Gasteiger partial charge on any atom is -0.322 e. The van der Waals surface area contributed by atoms with Gasteiger partial charge in [0.1, 0.15) is 12.4 Å². The Morgan fingerprint density at radius 2 is 2.00 bits per heavy atom. The third-order valence-electron chi connectivity index (χ3n) is 4.76. The van der Waals surface area contributed by atoms with Crippen LogP contribution in [0.4, 0.5) is 10.1 Å². The minimum atomic E-state index is -0.554. The number of anilines is 1.